The Labute approximate surface area is 181 Å². The molecular weight excluding hydrogens is 449 g/mol. The fourth-order valence-electron chi connectivity index (χ4n) is 2.76. The number of thiazole rings is 1. The average molecular weight is 467 g/mol. The third-order valence-electron chi connectivity index (χ3n) is 4.29. The summed E-state index contributed by atoms with van der Waals surface area (Å²) in [7, 11) is -3.34. The molecule has 5 nitrogen and oxygen atoms in total. The second kappa shape index (κ2) is 8.64. The number of carbonyl (C=O) groups excluding carboxylic acids is 1. The van der Waals surface area contributed by atoms with Gasteiger partial charge in [0.2, 0.25) is 0 Å². The Balaban J connectivity index is 1.92. The lowest BCUT2D eigenvalue weighted by Crippen LogP contribution is -2.31. The molecular formula is C21H17F3N2O3S2. The Kier molecular flexibility index (Phi) is 6.33. The van der Waals surface area contributed by atoms with Crippen molar-refractivity contribution in [1.29, 1.82) is 0 Å². The number of nitrogens with zero attached hydrogens (tertiary/aromatic N) is 2. The molecule has 0 aliphatic carbocycles. The summed E-state index contributed by atoms with van der Waals surface area (Å²) in [6, 6.07) is 10.3. The number of benzene rings is 2. The molecule has 3 aromatic rings. The van der Waals surface area contributed by atoms with E-state index in [0.29, 0.717) is 11.3 Å². The van der Waals surface area contributed by atoms with Crippen LogP contribution >= 0.6 is 11.3 Å². The van der Waals surface area contributed by atoms with Crippen LogP contribution in [0.5, 0.6) is 0 Å². The zero-order valence-corrected chi connectivity index (χ0v) is 17.9. The maximum absolute atomic E-state index is 13.0. The van der Waals surface area contributed by atoms with Crippen molar-refractivity contribution in [3.8, 4) is 11.3 Å². The first-order valence-corrected chi connectivity index (χ1v) is 11.6. The number of anilines is 1. The predicted octanol–water partition coefficient (Wildman–Crippen LogP) is 5.07. The summed E-state index contributed by atoms with van der Waals surface area (Å²) in [5.74, 6) is -0.640. The largest absolute Gasteiger partial charge is 0.416 e. The number of hydrogen-bond acceptors (Lipinski definition) is 5. The van der Waals surface area contributed by atoms with E-state index < -0.39 is 27.5 Å². The number of alkyl halides is 3. The fourth-order valence-corrected chi connectivity index (χ4v) is 4.23. The first-order valence-electron chi connectivity index (χ1n) is 8.87. The Hall–Kier alpha value is -2.98. The van der Waals surface area contributed by atoms with Gasteiger partial charge in [-0.1, -0.05) is 24.3 Å². The molecule has 0 N–H and O–H groups in total. The molecule has 0 saturated heterocycles. The molecule has 31 heavy (non-hydrogen) atoms. The number of carbonyl (C=O) groups is 1. The van der Waals surface area contributed by atoms with Crippen LogP contribution in [0.2, 0.25) is 0 Å². The molecule has 0 radical (unpaired) electrons. The molecule has 0 spiro atoms. The van der Waals surface area contributed by atoms with Gasteiger partial charge >= 0.3 is 6.18 Å². The van der Waals surface area contributed by atoms with E-state index in [4.69, 9.17) is 0 Å². The van der Waals surface area contributed by atoms with Crippen LogP contribution in [-0.4, -0.2) is 32.1 Å². The standard InChI is InChI=1S/C21H17F3N2O3S2/c1-3-11-26(19(27)15-5-4-6-16(12-15)21(22,23)24)20-25-18(13-30-20)14-7-9-17(10-8-14)31(2,28)29/h3-10,12-13H,1,11H2,2H3. The topological polar surface area (TPSA) is 67.3 Å². The smallest absolute Gasteiger partial charge is 0.280 e. The summed E-state index contributed by atoms with van der Waals surface area (Å²) in [4.78, 5) is 18.7. The van der Waals surface area contributed by atoms with Crippen molar-refractivity contribution in [3.05, 3.63) is 77.7 Å². The van der Waals surface area contributed by atoms with Crippen LogP contribution in [0, 0.1) is 0 Å². The van der Waals surface area contributed by atoms with Crippen LogP contribution in [-0.2, 0) is 16.0 Å². The number of sulfone groups is 1. The quantitative estimate of drug-likeness (QED) is 0.476. The Morgan fingerprint density at radius 2 is 1.87 bits per heavy atom. The lowest BCUT2D eigenvalue weighted by molar-refractivity contribution is -0.137. The lowest BCUT2D eigenvalue weighted by atomic mass is 10.1. The van der Waals surface area contributed by atoms with Gasteiger partial charge in [0.25, 0.3) is 5.91 Å². The van der Waals surface area contributed by atoms with Gasteiger partial charge in [0, 0.05) is 29.3 Å². The van der Waals surface area contributed by atoms with Crippen molar-refractivity contribution in [2.75, 3.05) is 17.7 Å². The van der Waals surface area contributed by atoms with E-state index in [1.54, 1.807) is 17.5 Å². The summed E-state index contributed by atoms with van der Waals surface area (Å²) >= 11 is 1.14. The summed E-state index contributed by atoms with van der Waals surface area (Å²) in [6.07, 6.45) is -2.00. The SMILES string of the molecule is C=CCN(C(=O)c1cccc(C(F)(F)F)c1)c1nc(-c2ccc(S(C)(=O)=O)cc2)cs1. The second-order valence-electron chi connectivity index (χ2n) is 6.59. The highest BCUT2D eigenvalue weighted by Gasteiger charge is 2.31. The minimum atomic E-state index is -4.56. The highest BCUT2D eigenvalue weighted by molar-refractivity contribution is 7.90. The van der Waals surface area contributed by atoms with Gasteiger partial charge in [0.1, 0.15) is 0 Å². The molecule has 3 rings (SSSR count). The zero-order chi connectivity index (χ0) is 22.8. The van der Waals surface area contributed by atoms with Crippen LogP contribution in [0.25, 0.3) is 11.3 Å². The molecule has 1 aromatic heterocycles. The van der Waals surface area contributed by atoms with Crippen LogP contribution in [0.15, 0.2) is 71.5 Å². The molecule has 10 heteroatoms. The molecule has 162 valence electrons. The summed E-state index contributed by atoms with van der Waals surface area (Å²) < 4.78 is 62.2. The Morgan fingerprint density at radius 3 is 2.45 bits per heavy atom. The molecule has 0 aliphatic rings. The number of hydrogen-bond donors (Lipinski definition) is 0. The highest BCUT2D eigenvalue weighted by atomic mass is 32.2. The van der Waals surface area contributed by atoms with Crippen molar-refractivity contribution in [2.24, 2.45) is 0 Å². The van der Waals surface area contributed by atoms with E-state index in [2.05, 4.69) is 11.6 Å². The summed E-state index contributed by atoms with van der Waals surface area (Å²) in [5, 5.41) is 1.96. The van der Waals surface area contributed by atoms with Gasteiger partial charge in [-0.05, 0) is 30.3 Å². The van der Waals surface area contributed by atoms with Crippen molar-refractivity contribution < 1.29 is 26.4 Å². The zero-order valence-electron chi connectivity index (χ0n) is 16.3. The lowest BCUT2D eigenvalue weighted by Gasteiger charge is -2.18. The van der Waals surface area contributed by atoms with Crippen LogP contribution in [0.4, 0.5) is 18.3 Å². The maximum Gasteiger partial charge on any atom is 0.416 e. The van der Waals surface area contributed by atoms with E-state index in [-0.39, 0.29) is 22.1 Å². The molecule has 0 fully saturated rings. The van der Waals surface area contributed by atoms with Gasteiger partial charge in [-0.15, -0.1) is 17.9 Å². The van der Waals surface area contributed by atoms with Gasteiger partial charge in [0.15, 0.2) is 15.0 Å². The Bertz CT molecular complexity index is 1220. The molecule has 0 bridgehead atoms. The minimum absolute atomic E-state index is 0.0506. The number of rotatable bonds is 6. The number of aromatic nitrogens is 1. The normalized spacial score (nSPS) is 11.9. The third kappa shape index (κ3) is 5.20. The van der Waals surface area contributed by atoms with E-state index in [0.717, 1.165) is 29.7 Å². The van der Waals surface area contributed by atoms with Gasteiger partial charge in [0.05, 0.1) is 16.2 Å². The molecule has 1 heterocycles. The van der Waals surface area contributed by atoms with E-state index in [9.17, 15) is 26.4 Å². The van der Waals surface area contributed by atoms with E-state index in [1.807, 2.05) is 0 Å². The van der Waals surface area contributed by atoms with E-state index >= 15 is 0 Å². The summed E-state index contributed by atoms with van der Waals surface area (Å²) in [6.45, 7) is 3.65. The monoisotopic (exact) mass is 466 g/mol. The van der Waals surface area contributed by atoms with Gasteiger partial charge in [-0.3, -0.25) is 9.69 Å². The maximum atomic E-state index is 13.0. The minimum Gasteiger partial charge on any atom is -0.280 e. The molecule has 0 unspecified atom stereocenters. The highest BCUT2D eigenvalue weighted by Crippen LogP contribution is 2.32. The van der Waals surface area contributed by atoms with Crippen LogP contribution in [0.3, 0.4) is 0 Å². The predicted molar refractivity (Wildman–Crippen MR) is 114 cm³/mol. The van der Waals surface area contributed by atoms with Gasteiger partial charge in [-0.2, -0.15) is 13.2 Å². The van der Waals surface area contributed by atoms with Crippen molar-refractivity contribution >= 4 is 32.2 Å². The molecule has 0 aliphatic heterocycles. The van der Waals surface area contributed by atoms with Crippen molar-refractivity contribution in [3.63, 3.8) is 0 Å². The third-order valence-corrected chi connectivity index (χ3v) is 6.29. The average Bonchev–Trinajstić information content (AvgIpc) is 3.20. The molecule has 0 atom stereocenters. The number of halogens is 3. The second-order valence-corrected chi connectivity index (χ2v) is 9.45. The number of amides is 1. The summed E-state index contributed by atoms with van der Waals surface area (Å²) in [5.41, 5.74) is 0.111. The van der Waals surface area contributed by atoms with Crippen molar-refractivity contribution in [2.45, 2.75) is 11.1 Å². The van der Waals surface area contributed by atoms with Crippen LogP contribution in [0.1, 0.15) is 15.9 Å². The first kappa shape index (κ1) is 22.7. The van der Waals surface area contributed by atoms with E-state index in [1.165, 1.54) is 35.2 Å². The fraction of sp³-hybridized carbons (Fsp3) is 0.143. The first-order chi connectivity index (χ1) is 14.5. The molecule has 0 saturated carbocycles. The van der Waals surface area contributed by atoms with Gasteiger partial charge < -0.3 is 0 Å². The molecule has 1 amide bonds. The van der Waals surface area contributed by atoms with Crippen LogP contribution < -0.4 is 4.90 Å². The van der Waals surface area contributed by atoms with Gasteiger partial charge in [-0.25, -0.2) is 13.4 Å². The van der Waals surface area contributed by atoms with Crippen molar-refractivity contribution in [1.82, 2.24) is 4.98 Å². The Morgan fingerprint density at radius 1 is 1.19 bits per heavy atom. The molecule has 2 aromatic carbocycles.